The molecule has 0 bridgehead atoms. The predicted octanol–water partition coefficient (Wildman–Crippen LogP) is 4.61. The smallest absolute Gasteiger partial charge is 0.142 e. The molecule has 94 valence electrons. The Balaban J connectivity index is 2.07. The first-order chi connectivity index (χ1) is 8.90. The van der Waals surface area contributed by atoms with Gasteiger partial charge in [0.2, 0.25) is 0 Å². The fourth-order valence-corrected chi connectivity index (χ4v) is 1.70. The van der Waals surface area contributed by atoms with Crippen molar-refractivity contribution in [1.82, 2.24) is 0 Å². The van der Waals surface area contributed by atoms with E-state index < -0.39 is 0 Å². The van der Waals surface area contributed by atoms with Gasteiger partial charge in [0.15, 0.2) is 0 Å². The van der Waals surface area contributed by atoms with Crippen LogP contribution in [0.2, 0.25) is 0 Å². The van der Waals surface area contributed by atoms with Gasteiger partial charge in [0.1, 0.15) is 5.75 Å². The van der Waals surface area contributed by atoms with Gasteiger partial charge in [-0.1, -0.05) is 43.7 Å². The number of anilines is 2. The molecular formula is C16H19NO. The lowest BCUT2D eigenvalue weighted by molar-refractivity contribution is 0.311. The average molecular weight is 241 g/mol. The van der Waals surface area contributed by atoms with Gasteiger partial charge in [-0.2, -0.15) is 0 Å². The van der Waals surface area contributed by atoms with Gasteiger partial charge >= 0.3 is 0 Å². The number of hydrogen-bond acceptors (Lipinski definition) is 2. The summed E-state index contributed by atoms with van der Waals surface area (Å²) in [5.74, 6) is 0.912. The van der Waals surface area contributed by atoms with Gasteiger partial charge in [0.05, 0.1) is 12.3 Å². The maximum Gasteiger partial charge on any atom is 0.142 e. The Morgan fingerprint density at radius 2 is 1.67 bits per heavy atom. The molecule has 0 saturated heterocycles. The number of unbranched alkanes of at least 4 members (excludes halogenated alkanes) is 1. The molecular weight excluding hydrogens is 222 g/mol. The van der Waals surface area contributed by atoms with Crippen molar-refractivity contribution in [3.8, 4) is 5.75 Å². The van der Waals surface area contributed by atoms with E-state index in [4.69, 9.17) is 4.74 Å². The highest BCUT2D eigenvalue weighted by atomic mass is 16.5. The van der Waals surface area contributed by atoms with Gasteiger partial charge in [0, 0.05) is 5.69 Å². The molecule has 0 amide bonds. The third-order valence-electron chi connectivity index (χ3n) is 2.70. The van der Waals surface area contributed by atoms with Gasteiger partial charge in [-0.25, -0.2) is 0 Å². The van der Waals surface area contributed by atoms with Crippen LogP contribution < -0.4 is 10.1 Å². The van der Waals surface area contributed by atoms with Crippen LogP contribution >= 0.6 is 0 Å². The molecule has 2 aromatic carbocycles. The van der Waals surface area contributed by atoms with E-state index in [1.54, 1.807) is 0 Å². The normalized spacial score (nSPS) is 10.1. The summed E-state index contributed by atoms with van der Waals surface area (Å²) in [7, 11) is 0. The quantitative estimate of drug-likeness (QED) is 0.746. The third kappa shape index (κ3) is 3.52. The second-order valence-electron chi connectivity index (χ2n) is 4.19. The van der Waals surface area contributed by atoms with Crippen molar-refractivity contribution in [2.75, 3.05) is 11.9 Å². The highest BCUT2D eigenvalue weighted by Gasteiger charge is 2.02. The molecule has 1 N–H and O–H groups in total. The van der Waals surface area contributed by atoms with E-state index in [0.29, 0.717) is 0 Å². The summed E-state index contributed by atoms with van der Waals surface area (Å²) in [6.07, 6.45) is 2.23. The van der Waals surface area contributed by atoms with E-state index in [2.05, 4.69) is 12.2 Å². The van der Waals surface area contributed by atoms with Crippen LogP contribution in [0.15, 0.2) is 54.6 Å². The Labute approximate surface area is 109 Å². The third-order valence-corrected chi connectivity index (χ3v) is 2.70. The standard InChI is InChI=1S/C16H19NO/c1-2-3-13-18-16-12-8-7-11-15(16)17-14-9-5-4-6-10-14/h4-12,17H,2-3,13H2,1H3. The van der Waals surface area contributed by atoms with E-state index in [-0.39, 0.29) is 0 Å². The van der Waals surface area contributed by atoms with E-state index in [1.807, 2.05) is 54.6 Å². The average Bonchev–Trinajstić information content (AvgIpc) is 2.42. The number of hydrogen-bond donors (Lipinski definition) is 1. The van der Waals surface area contributed by atoms with Crippen LogP contribution in [0.4, 0.5) is 11.4 Å². The molecule has 2 aromatic rings. The molecule has 0 fully saturated rings. The Hall–Kier alpha value is -1.96. The minimum atomic E-state index is 0.768. The SMILES string of the molecule is CCCCOc1ccccc1Nc1ccccc1. The number of nitrogens with one attached hydrogen (secondary N) is 1. The first-order valence-electron chi connectivity index (χ1n) is 6.44. The van der Waals surface area contributed by atoms with E-state index in [1.165, 1.54) is 0 Å². The number of para-hydroxylation sites is 3. The minimum Gasteiger partial charge on any atom is -0.491 e. The van der Waals surface area contributed by atoms with Crippen molar-refractivity contribution in [3.05, 3.63) is 54.6 Å². The summed E-state index contributed by atoms with van der Waals surface area (Å²) in [6.45, 7) is 2.93. The van der Waals surface area contributed by atoms with E-state index >= 15 is 0 Å². The highest BCUT2D eigenvalue weighted by Crippen LogP contribution is 2.27. The van der Waals surface area contributed by atoms with Crippen molar-refractivity contribution in [2.24, 2.45) is 0 Å². The van der Waals surface area contributed by atoms with Crippen LogP contribution in [-0.4, -0.2) is 6.61 Å². The Morgan fingerprint density at radius 3 is 2.44 bits per heavy atom. The van der Waals surface area contributed by atoms with Crippen LogP contribution in [0, 0.1) is 0 Å². The minimum absolute atomic E-state index is 0.768. The van der Waals surface area contributed by atoms with Crippen LogP contribution in [0.25, 0.3) is 0 Å². The van der Waals surface area contributed by atoms with Gasteiger partial charge in [-0.15, -0.1) is 0 Å². The number of benzene rings is 2. The molecule has 2 nitrogen and oxygen atoms in total. The fourth-order valence-electron chi connectivity index (χ4n) is 1.70. The zero-order valence-corrected chi connectivity index (χ0v) is 10.7. The topological polar surface area (TPSA) is 21.3 Å². The molecule has 0 aliphatic carbocycles. The molecule has 0 spiro atoms. The van der Waals surface area contributed by atoms with Crippen LogP contribution in [0.1, 0.15) is 19.8 Å². The molecule has 2 heteroatoms. The fraction of sp³-hybridized carbons (Fsp3) is 0.250. The molecule has 0 aliphatic heterocycles. The molecule has 0 radical (unpaired) electrons. The van der Waals surface area contributed by atoms with Crippen LogP contribution in [-0.2, 0) is 0 Å². The van der Waals surface area contributed by atoms with Crippen molar-refractivity contribution in [3.63, 3.8) is 0 Å². The highest BCUT2D eigenvalue weighted by molar-refractivity contribution is 5.65. The number of ether oxygens (including phenoxy) is 1. The van der Waals surface area contributed by atoms with Gasteiger partial charge < -0.3 is 10.1 Å². The molecule has 0 atom stereocenters. The van der Waals surface area contributed by atoms with Crippen molar-refractivity contribution in [1.29, 1.82) is 0 Å². The molecule has 0 aromatic heterocycles. The molecule has 0 aliphatic rings. The lowest BCUT2D eigenvalue weighted by Crippen LogP contribution is -2.00. The van der Waals surface area contributed by atoms with Crippen LogP contribution in [0.3, 0.4) is 0 Å². The Morgan fingerprint density at radius 1 is 0.944 bits per heavy atom. The maximum atomic E-state index is 5.79. The summed E-state index contributed by atoms with van der Waals surface area (Å²) in [4.78, 5) is 0. The summed E-state index contributed by atoms with van der Waals surface area (Å²) in [6, 6.07) is 18.2. The molecule has 18 heavy (non-hydrogen) atoms. The second kappa shape index (κ2) is 6.70. The van der Waals surface area contributed by atoms with Crippen molar-refractivity contribution >= 4 is 11.4 Å². The van der Waals surface area contributed by atoms with Crippen LogP contribution in [0.5, 0.6) is 5.75 Å². The van der Waals surface area contributed by atoms with Crippen molar-refractivity contribution < 1.29 is 4.74 Å². The van der Waals surface area contributed by atoms with E-state index in [9.17, 15) is 0 Å². The van der Waals surface area contributed by atoms with Crippen molar-refractivity contribution in [2.45, 2.75) is 19.8 Å². The predicted molar refractivity (Wildman–Crippen MR) is 76.6 cm³/mol. The largest absolute Gasteiger partial charge is 0.491 e. The second-order valence-corrected chi connectivity index (χ2v) is 4.19. The first-order valence-corrected chi connectivity index (χ1v) is 6.44. The van der Waals surface area contributed by atoms with Gasteiger partial charge in [-0.3, -0.25) is 0 Å². The summed E-state index contributed by atoms with van der Waals surface area (Å²) in [5, 5.41) is 3.37. The summed E-state index contributed by atoms with van der Waals surface area (Å²) < 4.78 is 5.79. The zero-order chi connectivity index (χ0) is 12.6. The summed E-state index contributed by atoms with van der Waals surface area (Å²) in [5.41, 5.74) is 2.09. The molecule has 0 saturated carbocycles. The Bertz CT molecular complexity index is 468. The first kappa shape index (κ1) is 12.5. The molecule has 2 rings (SSSR count). The monoisotopic (exact) mass is 241 g/mol. The lowest BCUT2D eigenvalue weighted by atomic mass is 10.2. The van der Waals surface area contributed by atoms with Gasteiger partial charge in [0.25, 0.3) is 0 Å². The number of rotatable bonds is 6. The van der Waals surface area contributed by atoms with E-state index in [0.717, 1.165) is 36.6 Å². The zero-order valence-electron chi connectivity index (χ0n) is 10.7. The maximum absolute atomic E-state index is 5.79. The lowest BCUT2D eigenvalue weighted by Gasteiger charge is -2.12. The summed E-state index contributed by atoms with van der Waals surface area (Å²) >= 11 is 0. The molecule has 0 unspecified atom stereocenters. The molecule has 0 heterocycles. The Kier molecular flexibility index (Phi) is 4.65. The van der Waals surface area contributed by atoms with Gasteiger partial charge in [-0.05, 0) is 30.7 Å².